The maximum absolute atomic E-state index is 12.6. The first-order valence-electron chi connectivity index (χ1n) is 4.90. The van der Waals surface area contributed by atoms with Gasteiger partial charge in [-0.2, -0.15) is 0 Å². The molecule has 0 atom stereocenters. The zero-order chi connectivity index (χ0) is 11.5. The third-order valence-corrected chi connectivity index (χ3v) is 3.70. The molecule has 0 aromatic heterocycles. The summed E-state index contributed by atoms with van der Waals surface area (Å²) in [5.74, 6) is -2.76. The Balaban J connectivity index is 2.28. The van der Waals surface area contributed by atoms with E-state index in [4.69, 9.17) is 5.73 Å². The Labute approximate surface area is 88.3 Å². The van der Waals surface area contributed by atoms with E-state index in [2.05, 4.69) is 0 Å². The fourth-order valence-electron chi connectivity index (χ4n) is 1.09. The van der Waals surface area contributed by atoms with Crippen molar-refractivity contribution in [1.29, 1.82) is 0 Å². The third-order valence-electron chi connectivity index (χ3n) is 2.34. The van der Waals surface area contributed by atoms with Crippen LogP contribution in [0.2, 0.25) is 0 Å². The van der Waals surface area contributed by atoms with Gasteiger partial charge >= 0.3 is 0 Å². The minimum atomic E-state index is -3.57. The van der Waals surface area contributed by atoms with Crippen molar-refractivity contribution in [2.24, 2.45) is 11.7 Å². The van der Waals surface area contributed by atoms with Crippen molar-refractivity contribution in [3.8, 4) is 0 Å². The standard InChI is InChI=1S/C8H16F2N2O2S/c9-8(10,5-11)6-12-15(13,14)4-3-7-1-2-7/h7,12H,1-6,11H2. The summed E-state index contributed by atoms with van der Waals surface area (Å²) >= 11 is 0. The van der Waals surface area contributed by atoms with Crippen LogP contribution >= 0.6 is 0 Å². The number of sulfonamides is 1. The van der Waals surface area contributed by atoms with Gasteiger partial charge in [-0.25, -0.2) is 21.9 Å². The lowest BCUT2D eigenvalue weighted by atomic mass is 10.3. The third kappa shape index (κ3) is 5.39. The van der Waals surface area contributed by atoms with Crippen LogP contribution < -0.4 is 10.5 Å². The highest BCUT2D eigenvalue weighted by Crippen LogP contribution is 2.32. The molecule has 0 unspecified atom stereocenters. The SMILES string of the molecule is NCC(F)(F)CNS(=O)(=O)CCC1CC1. The molecule has 0 bridgehead atoms. The summed E-state index contributed by atoms with van der Waals surface area (Å²) in [6.45, 7) is -1.76. The Kier molecular flexibility index (Phi) is 4.02. The first-order chi connectivity index (χ1) is 6.85. The van der Waals surface area contributed by atoms with E-state index >= 15 is 0 Å². The molecule has 1 rings (SSSR count). The molecule has 1 aliphatic carbocycles. The monoisotopic (exact) mass is 242 g/mol. The number of alkyl halides is 2. The van der Waals surface area contributed by atoms with Crippen molar-refractivity contribution in [1.82, 2.24) is 4.72 Å². The highest BCUT2D eigenvalue weighted by Gasteiger charge is 2.29. The summed E-state index contributed by atoms with van der Waals surface area (Å²) in [5, 5.41) is 0. The first kappa shape index (κ1) is 12.8. The molecule has 7 heteroatoms. The van der Waals surface area contributed by atoms with Gasteiger partial charge in [-0.3, -0.25) is 0 Å². The molecule has 0 spiro atoms. The quantitative estimate of drug-likeness (QED) is 0.674. The Morgan fingerprint density at radius 2 is 2.00 bits per heavy atom. The second-order valence-corrected chi connectivity index (χ2v) is 5.86. The van der Waals surface area contributed by atoms with Gasteiger partial charge in [0, 0.05) is 0 Å². The van der Waals surface area contributed by atoms with E-state index in [1.54, 1.807) is 0 Å². The van der Waals surface area contributed by atoms with Crippen molar-refractivity contribution in [2.45, 2.75) is 25.2 Å². The average molecular weight is 242 g/mol. The Hall–Kier alpha value is -0.270. The molecule has 0 aromatic rings. The fourth-order valence-corrected chi connectivity index (χ4v) is 2.31. The van der Waals surface area contributed by atoms with Gasteiger partial charge < -0.3 is 5.73 Å². The molecule has 0 radical (unpaired) electrons. The Morgan fingerprint density at radius 3 is 2.47 bits per heavy atom. The van der Waals surface area contributed by atoms with E-state index in [1.807, 2.05) is 4.72 Å². The topological polar surface area (TPSA) is 72.2 Å². The normalized spacial score (nSPS) is 18.1. The summed E-state index contributed by atoms with van der Waals surface area (Å²) in [7, 11) is -3.57. The molecule has 3 N–H and O–H groups in total. The number of halogens is 2. The number of rotatable bonds is 7. The zero-order valence-corrected chi connectivity index (χ0v) is 9.19. The Morgan fingerprint density at radius 1 is 1.40 bits per heavy atom. The first-order valence-corrected chi connectivity index (χ1v) is 6.55. The summed E-state index contributed by atoms with van der Waals surface area (Å²) in [6.07, 6.45) is 2.66. The molecule has 15 heavy (non-hydrogen) atoms. The van der Waals surface area contributed by atoms with Gasteiger partial charge in [-0.05, 0) is 12.3 Å². The van der Waals surface area contributed by atoms with Crippen LogP contribution in [0, 0.1) is 5.92 Å². The van der Waals surface area contributed by atoms with Crippen LogP contribution in [0.5, 0.6) is 0 Å². The molecule has 0 heterocycles. The van der Waals surface area contributed by atoms with Crippen molar-refractivity contribution in [2.75, 3.05) is 18.8 Å². The second-order valence-electron chi connectivity index (χ2n) is 3.93. The lowest BCUT2D eigenvalue weighted by Crippen LogP contribution is -2.42. The maximum Gasteiger partial charge on any atom is 0.273 e. The summed E-state index contributed by atoms with van der Waals surface area (Å²) in [5.41, 5.74) is 4.78. The lowest BCUT2D eigenvalue weighted by molar-refractivity contribution is 0.0170. The van der Waals surface area contributed by atoms with E-state index in [0.717, 1.165) is 12.8 Å². The van der Waals surface area contributed by atoms with Crippen LogP contribution in [0.15, 0.2) is 0 Å². The molecule has 90 valence electrons. The molecule has 1 saturated carbocycles. The highest BCUT2D eigenvalue weighted by molar-refractivity contribution is 7.89. The fraction of sp³-hybridized carbons (Fsp3) is 1.00. The van der Waals surface area contributed by atoms with E-state index < -0.39 is 29.0 Å². The van der Waals surface area contributed by atoms with Crippen LogP contribution in [-0.4, -0.2) is 33.2 Å². The van der Waals surface area contributed by atoms with Crippen LogP contribution in [0.4, 0.5) is 8.78 Å². The molecule has 0 aliphatic heterocycles. The number of hydrogen-bond acceptors (Lipinski definition) is 3. The van der Waals surface area contributed by atoms with Gasteiger partial charge in [0.05, 0.1) is 18.8 Å². The van der Waals surface area contributed by atoms with Gasteiger partial charge in [0.25, 0.3) is 5.92 Å². The number of nitrogens with one attached hydrogen (secondary N) is 1. The number of hydrogen-bond donors (Lipinski definition) is 2. The summed E-state index contributed by atoms with van der Waals surface area (Å²) in [6, 6.07) is 0. The van der Waals surface area contributed by atoms with Gasteiger partial charge in [-0.1, -0.05) is 12.8 Å². The average Bonchev–Trinajstić information content (AvgIpc) is 2.96. The van der Waals surface area contributed by atoms with Crippen LogP contribution in [0.25, 0.3) is 0 Å². The molecule has 0 saturated heterocycles. The van der Waals surface area contributed by atoms with E-state index in [1.165, 1.54) is 0 Å². The lowest BCUT2D eigenvalue weighted by Gasteiger charge is -2.14. The summed E-state index contributed by atoms with van der Waals surface area (Å²) < 4.78 is 49.6. The molecule has 4 nitrogen and oxygen atoms in total. The minimum Gasteiger partial charge on any atom is -0.325 e. The van der Waals surface area contributed by atoms with Crippen molar-refractivity contribution >= 4 is 10.0 Å². The zero-order valence-electron chi connectivity index (χ0n) is 8.38. The maximum atomic E-state index is 12.6. The van der Waals surface area contributed by atoms with E-state index in [0.29, 0.717) is 12.3 Å². The van der Waals surface area contributed by atoms with Crippen LogP contribution in [0.1, 0.15) is 19.3 Å². The van der Waals surface area contributed by atoms with Gasteiger partial charge in [0.1, 0.15) is 0 Å². The minimum absolute atomic E-state index is 0.0711. The predicted octanol–water partition coefficient (Wildman–Crippen LogP) is 0.300. The van der Waals surface area contributed by atoms with E-state index in [9.17, 15) is 17.2 Å². The predicted molar refractivity (Wildman–Crippen MR) is 53.1 cm³/mol. The molecule has 0 amide bonds. The largest absolute Gasteiger partial charge is 0.325 e. The van der Waals surface area contributed by atoms with Gasteiger partial charge in [-0.15, -0.1) is 0 Å². The van der Waals surface area contributed by atoms with Gasteiger partial charge in [0.15, 0.2) is 0 Å². The Bertz CT molecular complexity index is 302. The van der Waals surface area contributed by atoms with Crippen LogP contribution in [0.3, 0.4) is 0 Å². The van der Waals surface area contributed by atoms with E-state index in [-0.39, 0.29) is 5.75 Å². The molecule has 0 aromatic carbocycles. The van der Waals surface area contributed by atoms with Gasteiger partial charge in [0.2, 0.25) is 10.0 Å². The van der Waals surface area contributed by atoms with Crippen molar-refractivity contribution in [3.05, 3.63) is 0 Å². The van der Waals surface area contributed by atoms with Crippen LogP contribution in [-0.2, 0) is 10.0 Å². The molecular weight excluding hydrogens is 226 g/mol. The molecule has 1 fully saturated rings. The molecule has 1 aliphatic rings. The molecular formula is C8H16F2N2O2S. The van der Waals surface area contributed by atoms with Crippen molar-refractivity contribution in [3.63, 3.8) is 0 Å². The van der Waals surface area contributed by atoms with Crippen molar-refractivity contribution < 1.29 is 17.2 Å². The number of nitrogens with two attached hydrogens (primary N) is 1. The second kappa shape index (κ2) is 4.71. The highest BCUT2D eigenvalue weighted by atomic mass is 32.2. The smallest absolute Gasteiger partial charge is 0.273 e. The summed E-state index contributed by atoms with van der Waals surface area (Å²) in [4.78, 5) is 0.